The maximum atomic E-state index is 14.6. The van der Waals surface area contributed by atoms with Crippen molar-refractivity contribution in [2.45, 2.75) is 6.42 Å². The Morgan fingerprint density at radius 1 is 1.12 bits per heavy atom. The van der Waals surface area contributed by atoms with Gasteiger partial charge < -0.3 is 15.0 Å². The Balaban J connectivity index is 1.40. The normalized spacial score (nSPS) is 11.8. The molecule has 7 nitrogen and oxygen atoms in total. The number of ether oxygens (including phenoxy) is 1. The number of nitrogens with two attached hydrogens (primary N) is 1. The Morgan fingerprint density at radius 3 is 2.71 bits per heavy atom. The van der Waals surface area contributed by atoms with Gasteiger partial charge in [0.2, 0.25) is 5.70 Å². The number of pyridine rings is 1. The van der Waals surface area contributed by atoms with Gasteiger partial charge in [-0.3, -0.25) is 4.79 Å². The van der Waals surface area contributed by atoms with Crippen LogP contribution >= 0.6 is 0 Å². The molecule has 2 aromatic heterocycles. The number of allylic oxidation sites excluding steroid dienone is 3. The number of fused-ring (bicyclic) bond motifs is 1. The van der Waals surface area contributed by atoms with Crippen LogP contribution in [0.2, 0.25) is 0 Å². The first-order chi connectivity index (χ1) is 16.5. The molecule has 4 rings (SSSR count). The van der Waals surface area contributed by atoms with Crippen LogP contribution in [0.3, 0.4) is 0 Å². The average Bonchev–Trinajstić information content (AvgIpc) is 3.32. The number of carbonyl (C=O) groups excluding carboxylic acids is 1. The molecule has 0 spiro atoms. The van der Waals surface area contributed by atoms with Gasteiger partial charge in [-0.05, 0) is 48.4 Å². The minimum Gasteiger partial charge on any atom is -0.453 e. The number of hydrogen-bond acceptors (Lipinski definition) is 4. The van der Waals surface area contributed by atoms with Crippen molar-refractivity contribution in [3.63, 3.8) is 0 Å². The largest absolute Gasteiger partial charge is 0.453 e. The smallest absolute Gasteiger partial charge is 0.312 e. The van der Waals surface area contributed by atoms with Crippen LogP contribution in [0.25, 0.3) is 11.0 Å². The van der Waals surface area contributed by atoms with Crippen LogP contribution in [0.5, 0.6) is 11.5 Å². The predicted octanol–water partition coefficient (Wildman–Crippen LogP) is 4.21. The van der Waals surface area contributed by atoms with Gasteiger partial charge in [-0.2, -0.15) is 5.48 Å². The maximum Gasteiger partial charge on any atom is 0.312 e. The third-order valence-electron chi connectivity index (χ3n) is 4.91. The van der Waals surface area contributed by atoms with Crippen molar-refractivity contribution in [3.05, 3.63) is 108 Å². The number of aromatic nitrogens is 2. The number of quaternary nitrogens is 1. The molecule has 4 aromatic rings. The van der Waals surface area contributed by atoms with Gasteiger partial charge in [0.25, 0.3) is 0 Å². The molecule has 0 radical (unpaired) electrons. The molecule has 0 fully saturated rings. The van der Waals surface area contributed by atoms with E-state index in [-0.39, 0.29) is 23.0 Å². The van der Waals surface area contributed by atoms with E-state index in [9.17, 15) is 18.8 Å². The number of hydrogen-bond donors (Lipinski definition) is 4. The molecule has 0 saturated carbocycles. The highest BCUT2D eigenvalue weighted by molar-refractivity contribution is 6.01. The highest BCUT2D eigenvalue weighted by Crippen LogP contribution is 2.31. The summed E-state index contributed by atoms with van der Waals surface area (Å²) < 4.78 is 33.3. The second kappa shape index (κ2) is 10.5. The van der Waals surface area contributed by atoms with Crippen molar-refractivity contribution in [2.24, 2.45) is 0 Å². The lowest BCUT2D eigenvalue weighted by atomic mass is 10.1. The molecular weight excluding hydrogens is 442 g/mol. The lowest BCUT2D eigenvalue weighted by molar-refractivity contribution is -0.846. The van der Waals surface area contributed by atoms with E-state index in [1.807, 2.05) is 0 Å². The van der Waals surface area contributed by atoms with Gasteiger partial charge in [0.1, 0.15) is 17.2 Å². The number of nitrogens with one attached hydrogen (secondary N) is 2. The van der Waals surface area contributed by atoms with Crippen molar-refractivity contribution in [1.82, 2.24) is 9.97 Å². The number of carbonyl (C=O) groups is 1. The molecule has 0 aliphatic carbocycles. The monoisotopic (exact) mass is 463 g/mol. The second-order valence-corrected chi connectivity index (χ2v) is 7.26. The molecule has 9 heteroatoms. The molecule has 34 heavy (non-hydrogen) atoms. The number of aromatic amines is 1. The molecule has 172 valence electrons. The van der Waals surface area contributed by atoms with Crippen molar-refractivity contribution in [1.29, 1.82) is 0 Å². The van der Waals surface area contributed by atoms with Crippen LogP contribution in [-0.2, 0) is 11.2 Å². The molecule has 0 atom stereocenters. The summed E-state index contributed by atoms with van der Waals surface area (Å²) in [6, 6.07) is 13.5. The number of rotatable bonds is 8. The summed E-state index contributed by atoms with van der Waals surface area (Å²) in [5, 5.41) is 12.7. The van der Waals surface area contributed by atoms with E-state index in [0.717, 1.165) is 11.6 Å². The topological polar surface area (TPSA) is 104 Å². The third kappa shape index (κ3) is 5.52. The minimum absolute atomic E-state index is 0.0140. The Kier molecular flexibility index (Phi) is 7.07. The first kappa shape index (κ1) is 22.8. The van der Waals surface area contributed by atoms with E-state index in [2.05, 4.69) is 15.3 Å². The highest BCUT2D eigenvalue weighted by atomic mass is 19.1. The van der Waals surface area contributed by atoms with E-state index in [4.69, 9.17) is 4.74 Å². The molecule has 0 aliphatic heterocycles. The summed E-state index contributed by atoms with van der Waals surface area (Å²) in [7, 11) is 0. The van der Waals surface area contributed by atoms with E-state index in [0.29, 0.717) is 28.7 Å². The molecule has 0 aliphatic rings. The summed E-state index contributed by atoms with van der Waals surface area (Å²) >= 11 is 0. The zero-order chi connectivity index (χ0) is 23.9. The van der Waals surface area contributed by atoms with Crippen LogP contribution in [0.15, 0.2) is 90.9 Å². The molecule has 0 unspecified atom stereocenters. The molecule has 2 heterocycles. The summed E-state index contributed by atoms with van der Waals surface area (Å²) in [6.45, 7) is 0. The van der Waals surface area contributed by atoms with Crippen molar-refractivity contribution in [3.8, 4) is 11.5 Å². The fourth-order valence-electron chi connectivity index (χ4n) is 3.18. The summed E-state index contributed by atoms with van der Waals surface area (Å²) in [5.41, 5.74) is 2.35. The summed E-state index contributed by atoms with van der Waals surface area (Å²) in [6.07, 6.45) is 8.55. The number of hydroxylamine groups is 1. The van der Waals surface area contributed by atoms with Gasteiger partial charge >= 0.3 is 5.91 Å². The van der Waals surface area contributed by atoms with Gasteiger partial charge in [-0.25, -0.2) is 19.0 Å². The number of benzene rings is 2. The number of anilines is 1. The Bertz CT molecular complexity index is 1360. The van der Waals surface area contributed by atoms with Crippen LogP contribution in [0.4, 0.5) is 14.5 Å². The molecule has 5 N–H and O–H groups in total. The molecule has 0 bridgehead atoms. The van der Waals surface area contributed by atoms with E-state index in [1.165, 1.54) is 30.3 Å². The molecule has 0 saturated heterocycles. The van der Waals surface area contributed by atoms with E-state index >= 15 is 0 Å². The first-order valence-corrected chi connectivity index (χ1v) is 10.3. The lowest BCUT2D eigenvalue weighted by Crippen LogP contribution is -2.80. The maximum absolute atomic E-state index is 14.6. The zero-order valence-corrected chi connectivity index (χ0v) is 17.8. The SMILES string of the molecule is O=C(Nc1ccc(Oc2ccnc3[nH]ccc23)c(F)c1)/C(=C/C=C\Cc1ccc(F)cc1)[NH2+]O. The van der Waals surface area contributed by atoms with Crippen LogP contribution in [0.1, 0.15) is 5.56 Å². The Hall–Kier alpha value is -4.34. The van der Waals surface area contributed by atoms with Crippen LogP contribution < -0.4 is 15.5 Å². The number of H-pyrrole nitrogens is 1. The van der Waals surface area contributed by atoms with E-state index < -0.39 is 11.7 Å². The highest BCUT2D eigenvalue weighted by Gasteiger charge is 2.15. The summed E-state index contributed by atoms with van der Waals surface area (Å²) in [5.74, 6) is -1.18. The fourth-order valence-corrected chi connectivity index (χ4v) is 3.18. The standard InChI is InChI=1S/C25H20F2N4O3/c26-17-7-5-16(6-8-17)3-1-2-4-21(31-33)25(32)30-18-9-10-23(20(27)15-18)34-22-12-14-29-24-19(22)11-13-28-24/h1-2,4-15,31,33H,3H2,(H,28,29)(H,30,32)/p+1/b2-1-,21-4-. The van der Waals surface area contributed by atoms with E-state index in [1.54, 1.807) is 48.8 Å². The van der Waals surface area contributed by atoms with Gasteiger partial charge in [0.15, 0.2) is 11.6 Å². The number of amides is 1. The van der Waals surface area contributed by atoms with Crippen molar-refractivity contribution >= 4 is 22.6 Å². The van der Waals surface area contributed by atoms with Gasteiger partial charge in [-0.1, -0.05) is 24.3 Å². The lowest BCUT2D eigenvalue weighted by Gasteiger charge is -2.10. The fraction of sp³-hybridized carbons (Fsp3) is 0.0400. The molecule has 2 aromatic carbocycles. The average molecular weight is 463 g/mol. The Morgan fingerprint density at radius 2 is 1.94 bits per heavy atom. The van der Waals surface area contributed by atoms with Crippen LogP contribution in [-0.4, -0.2) is 21.1 Å². The van der Waals surface area contributed by atoms with Crippen LogP contribution in [0, 0.1) is 11.6 Å². The van der Waals surface area contributed by atoms with Crippen molar-refractivity contribution in [2.75, 3.05) is 5.32 Å². The number of halogens is 2. The molecule has 1 amide bonds. The third-order valence-corrected chi connectivity index (χ3v) is 4.91. The summed E-state index contributed by atoms with van der Waals surface area (Å²) in [4.78, 5) is 19.6. The second-order valence-electron chi connectivity index (χ2n) is 7.26. The van der Waals surface area contributed by atoms with Crippen molar-refractivity contribution < 1.29 is 29.0 Å². The minimum atomic E-state index is -0.670. The first-order valence-electron chi connectivity index (χ1n) is 10.3. The Labute approximate surface area is 193 Å². The zero-order valence-electron chi connectivity index (χ0n) is 17.8. The predicted molar refractivity (Wildman–Crippen MR) is 122 cm³/mol. The van der Waals surface area contributed by atoms with Gasteiger partial charge in [0, 0.05) is 30.2 Å². The van der Waals surface area contributed by atoms with Gasteiger partial charge in [0.05, 0.1) is 5.39 Å². The quantitative estimate of drug-likeness (QED) is 0.179. The number of nitrogens with zero attached hydrogens (tertiary/aromatic N) is 1. The molecular formula is C25H21F2N4O3+. The van der Waals surface area contributed by atoms with Gasteiger partial charge in [-0.15, -0.1) is 0 Å².